The molecule has 0 saturated carbocycles. The SMILES string of the molecule is COc1ccc(OCCNC(=O)c2ccc(Nc3ccccc3C#N)cn2)cc1. The number of anilines is 2. The second-order valence-electron chi connectivity index (χ2n) is 5.99. The zero-order chi connectivity index (χ0) is 20.5. The molecule has 3 rings (SSSR count). The molecule has 0 aliphatic rings. The summed E-state index contributed by atoms with van der Waals surface area (Å²) in [5.74, 6) is 1.17. The summed E-state index contributed by atoms with van der Waals surface area (Å²) in [5.41, 5.74) is 2.21. The van der Waals surface area contributed by atoms with Gasteiger partial charge < -0.3 is 20.1 Å². The van der Waals surface area contributed by atoms with Gasteiger partial charge in [0.05, 0.1) is 36.8 Å². The van der Waals surface area contributed by atoms with E-state index in [1.807, 2.05) is 24.3 Å². The molecule has 0 saturated heterocycles. The highest BCUT2D eigenvalue weighted by Crippen LogP contribution is 2.20. The molecule has 0 atom stereocenters. The van der Waals surface area contributed by atoms with Crippen LogP contribution < -0.4 is 20.1 Å². The van der Waals surface area contributed by atoms with Crippen molar-refractivity contribution < 1.29 is 14.3 Å². The summed E-state index contributed by atoms with van der Waals surface area (Å²) >= 11 is 0. The van der Waals surface area contributed by atoms with Crippen molar-refractivity contribution in [3.63, 3.8) is 0 Å². The normalized spacial score (nSPS) is 9.93. The van der Waals surface area contributed by atoms with E-state index in [-0.39, 0.29) is 5.91 Å². The van der Waals surface area contributed by atoms with Crippen LogP contribution in [0.2, 0.25) is 0 Å². The Hall–Kier alpha value is -4.05. The quantitative estimate of drug-likeness (QED) is 0.573. The van der Waals surface area contributed by atoms with E-state index in [0.717, 1.165) is 5.75 Å². The predicted octanol–water partition coefficient (Wildman–Crippen LogP) is 3.51. The lowest BCUT2D eigenvalue weighted by atomic mass is 10.2. The number of nitrogens with one attached hydrogen (secondary N) is 2. The standard InChI is InChI=1S/C22H20N4O3/c1-28-18-7-9-19(10-8-18)29-13-12-24-22(27)21-11-6-17(15-25-21)26-20-5-3-2-4-16(20)14-23/h2-11,15,26H,12-13H2,1H3,(H,24,27). The molecule has 2 N–H and O–H groups in total. The molecular formula is C22H20N4O3. The molecule has 3 aromatic rings. The Balaban J connectivity index is 1.48. The summed E-state index contributed by atoms with van der Waals surface area (Å²) in [6.45, 7) is 0.685. The maximum absolute atomic E-state index is 12.2. The number of carbonyl (C=O) groups excluding carboxylic acids is 1. The van der Waals surface area contributed by atoms with Gasteiger partial charge in [-0.2, -0.15) is 5.26 Å². The number of carbonyl (C=O) groups is 1. The Morgan fingerprint density at radius 2 is 1.83 bits per heavy atom. The Bertz CT molecular complexity index is 996. The summed E-state index contributed by atoms with van der Waals surface area (Å²) in [4.78, 5) is 16.4. The van der Waals surface area contributed by atoms with Gasteiger partial charge in [0, 0.05) is 0 Å². The Morgan fingerprint density at radius 3 is 2.52 bits per heavy atom. The minimum absolute atomic E-state index is 0.285. The van der Waals surface area contributed by atoms with Gasteiger partial charge in [0.25, 0.3) is 5.91 Å². The van der Waals surface area contributed by atoms with Crippen LogP contribution in [0.4, 0.5) is 11.4 Å². The van der Waals surface area contributed by atoms with Crippen LogP contribution in [-0.2, 0) is 0 Å². The second-order valence-corrected chi connectivity index (χ2v) is 5.99. The molecule has 1 aromatic heterocycles. The highest BCUT2D eigenvalue weighted by Gasteiger charge is 2.07. The number of hydrogen-bond donors (Lipinski definition) is 2. The maximum atomic E-state index is 12.2. The number of hydrogen-bond acceptors (Lipinski definition) is 6. The van der Waals surface area contributed by atoms with E-state index in [2.05, 4.69) is 21.7 Å². The van der Waals surface area contributed by atoms with Crippen molar-refractivity contribution in [2.75, 3.05) is 25.6 Å². The van der Waals surface area contributed by atoms with Gasteiger partial charge in [0.2, 0.25) is 0 Å². The zero-order valence-electron chi connectivity index (χ0n) is 15.9. The molecule has 0 spiro atoms. The molecule has 29 heavy (non-hydrogen) atoms. The van der Waals surface area contributed by atoms with Gasteiger partial charge in [-0.05, 0) is 48.5 Å². The van der Waals surface area contributed by atoms with Gasteiger partial charge in [-0.15, -0.1) is 0 Å². The largest absolute Gasteiger partial charge is 0.497 e. The van der Waals surface area contributed by atoms with Crippen molar-refractivity contribution >= 4 is 17.3 Å². The number of nitrogens with zero attached hydrogens (tertiary/aromatic N) is 2. The van der Waals surface area contributed by atoms with Crippen molar-refractivity contribution in [1.82, 2.24) is 10.3 Å². The average molecular weight is 388 g/mol. The van der Waals surface area contributed by atoms with Crippen molar-refractivity contribution in [3.05, 3.63) is 78.1 Å². The molecule has 7 heteroatoms. The van der Waals surface area contributed by atoms with Crippen LogP contribution in [0.1, 0.15) is 16.1 Å². The molecule has 0 unspecified atom stereocenters. The average Bonchev–Trinajstić information content (AvgIpc) is 2.78. The highest BCUT2D eigenvalue weighted by atomic mass is 16.5. The first kappa shape index (κ1) is 19.7. The third-order valence-corrected chi connectivity index (χ3v) is 4.04. The maximum Gasteiger partial charge on any atom is 0.269 e. The molecule has 0 bridgehead atoms. The Labute approximate surface area is 168 Å². The lowest BCUT2D eigenvalue weighted by Gasteiger charge is -2.09. The van der Waals surface area contributed by atoms with E-state index in [9.17, 15) is 4.79 Å². The fraction of sp³-hybridized carbons (Fsp3) is 0.136. The number of rotatable bonds is 8. The summed E-state index contributed by atoms with van der Waals surface area (Å²) in [7, 11) is 1.60. The molecule has 1 heterocycles. The summed E-state index contributed by atoms with van der Waals surface area (Å²) in [6, 6.07) is 19.9. The first-order valence-electron chi connectivity index (χ1n) is 8.97. The number of para-hydroxylation sites is 1. The minimum Gasteiger partial charge on any atom is -0.497 e. The van der Waals surface area contributed by atoms with E-state index in [4.69, 9.17) is 14.7 Å². The lowest BCUT2D eigenvalue weighted by molar-refractivity contribution is 0.0942. The van der Waals surface area contributed by atoms with Crippen LogP contribution in [0.3, 0.4) is 0 Å². The number of methoxy groups -OCH3 is 1. The Kier molecular flexibility index (Phi) is 6.63. The number of nitriles is 1. The number of benzene rings is 2. The molecule has 1 amide bonds. The van der Waals surface area contributed by atoms with Crippen LogP contribution in [-0.4, -0.2) is 31.2 Å². The molecule has 146 valence electrons. The third-order valence-electron chi connectivity index (χ3n) is 4.04. The molecule has 2 aromatic carbocycles. The summed E-state index contributed by atoms with van der Waals surface area (Å²) < 4.78 is 10.7. The van der Waals surface area contributed by atoms with Crippen molar-refractivity contribution in [2.45, 2.75) is 0 Å². The topological polar surface area (TPSA) is 96.3 Å². The number of amides is 1. The van der Waals surface area contributed by atoms with Crippen LogP contribution in [0, 0.1) is 11.3 Å². The van der Waals surface area contributed by atoms with E-state index in [1.165, 1.54) is 0 Å². The van der Waals surface area contributed by atoms with Crippen LogP contribution in [0.25, 0.3) is 0 Å². The minimum atomic E-state index is -0.285. The molecule has 0 radical (unpaired) electrons. The van der Waals surface area contributed by atoms with Gasteiger partial charge in [-0.25, -0.2) is 4.98 Å². The molecule has 0 fully saturated rings. The first-order valence-corrected chi connectivity index (χ1v) is 8.97. The Morgan fingerprint density at radius 1 is 1.07 bits per heavy atom. The fourth-order valence-corrected chi connectivity index (χ4v) is 2.54. The van der Waals surface area contributed by atoms with Crippen LogP contribution >= 0.6 is 0 Å². The smallest absolute Gasteiger partial charge is 0.269 e. The van der Waals surface area contributed by atoms with E-state index >= 15 is 0 Å². The zero-order valence-corrected chi connectivity index (χ0v) is 15.9. The van der Waals surface area contributed by atoms with Crippen molar-refractivity contribution in [3.8, 4) is 17.6 Å². The van der Waals surface area contributed by atoms with Gasteiger partial charge in [-0.1, -0.05) is 12.1 Å². The first-order chi connectivity index (χ1) is 14.2. The molecule has 7 nitrogen and oxygen atoms in total. The second kappa shape index (κ2) is 9.76. The summed E-state index contributed by atoms with van der Waals surface area (Å²) in [6.07, 6.45) is 1.55. The molecular weight excluding hydrogens is 368 g/mol. The van der Waals surface area contributed by atoms with Gasteiger partial charge >= 0.3 is 0 Å². The summed E-state index contributed by atoms with van der Waals surface area (Å²) in [5, 5.41) is 15.0. The van der Waals surface area contributed by atoms with Crippen LogP contribution in [0.15, 0.2) is 66.9 Å². The van der Waals surface area contributed by atoms with Crippen molar-refractivity contribution in [1.29, 1.82) is 5.26 Å². The number of aromatic nitrogens is 1. The fourth-order valence-electron chi connectivity index (χ4n) is 2.54. The lowest BCUT2D eigenvalue weighted by Crippen LogP contribution is -2.28. The predicted molar refractivity (Wildman–Crippen MR) is 109 cm³/mol. The van der Waals surface area contributed by atoms with Gasteiger partial charge in [0.1, 0.15) is 29.9 Å². The molecule has 0 aliphatic carbocycles. The van der Waals surface area contributed by atoms with E-state index < -0.39 is 0 Å². The van der Waals surface area contributed by atoms with Gasteiger partial charge in [-0.3, -0.25) is 4.79 Å². The van der Waals surface area contributed by atoms with Crippen LogP contribution in [0.5, 0.6) is 11.5 Å². The van der Waals surface area contributed by atoms with Gasteiger partial charge in [0.15, 0.2) is 0 Å². The third kappa shape index (κ3) is 5.47. The van der Waals surface area contributed by atoms with E-state index in [0.29, 0.717) is 41.5 Å². The number of ether oxygens (including phenoxy) is 2. The molecule has 0 aliphatic heterocycles. The highest BCUT2D eigenvalue weighted by molar-refractivity contribution is 5.92. The monoisotopic (exact) mass is 388 g/mol. The van der Waals surface area contributed by atoms with Crippen molar-refractivity contribution in [2.24, 2.45) is 0 Å². The van der Waals surface area contributed by atoms with E-state index in [1.54, 1.807) is 49.7 Å². The number of pyridine rings is 1.